The molecule has 0 aliphatic carbocycles. The second-order valence-corrected chi connectivity index (χ2v) is 4.13. The standard InChI is InChI=1S/C14H8N2O/c17-13-10-5-1-3-9-4-2-6-11(12(9)10)16-8-7-15-14(13)16/h1-8H. The molecule has 3 heteroatoms. The van der Waals surface area contributed by atoms with Gasteiger partial charge in [-0.2, -0.15) is 0 Å². The van der Waals surface area contributed by atoms with E-state index in [4.69, 9.17) is 0 Å². The van der Waals surface area contributed by atoms with Crippen LogP contribution in [-0.4, -0.2) is 9.38 Å². The Morgan fingerprint density at radius 2 is 1.88 bits per heavy atom. The highest BCUT2D eigenvalue weighted by Crippen LogP contribution is 2.24. The smallest absolute Gasteiger partial charge is 0.229 e. The van der Waals surface area contributed by atoms with Gasteiger partial charge < -0.3 is 0 Å². The van der Waals surface area contributed by atoms with Gasteiger partial charge in [0.2, 0.25) is 5.43 Å². The minimum absolute atomic E-state index is 0.000648. The van der Waals surface area contributed by atoms with Crippen LogP contribution < -0.4 is 5.43 Å². The van der Waals surface area contributed by atoms with Crippen LogP contribution in [0, 0.1) is 0 Å². The minimum atomic E-state index is -0.000648. The predicted octanol–water partition coefficient (Wildman–Crippen LogP) is 2.44. The molecule has 2 aromatic heterocycles. The van der Waals surface area contributed by atoms with Crippen LogP contribution in [0.2, 0.25) is 0 Å². The van der Waals surface area contributed by atoms with Crippen LogP contribution in [-0.2, 0) is 0 Å². The van der Waals surface area contributed by atoms with Crippen molar-refractivity contribution in [3.05, 3.63) is 59.0 Å². The largest absolute Gasteiger partial charge is 0.296 e. The highest BCUT2D eigenvalue weighted by atomic mass is 16.1. The molecular weight excluding hydrogens is 212 g/mol. The topological polar surface area (TPSA) is 34.4 Å². The SMILES string of the molecule is O=c1c2cccc3cccc(c32)n2ccnc12. The van der Waals surface area contributed by atoms with Crippen molar-refractivity contribution in [3.8, 4) is 0 Å². The fraction of sp³-hybridized carbons (Fsp3) is 0. The average molecular weight is 220 g/mol. The van der Waals surface area contributed by atoms with E-state index in [1.165, 1.54) is 0 Å². The first-order valence-corrected chi connectivity index (χ1v) is 5.46. The van der Waals surface area contributed by atoms with E-state index < -0.39 is 0 Å². The summed E-state index contributed by atoms with van der Waals surface area (Å²) in [6, 6.07) is 11.9. The maximum Gasteiger partial charge on any atom is 0.229 e. The van der Waals surface area contributed by atoms with E-state index in [1.54, 1.807) is 6.20 Å². The Kier molecular flexibility index (Phi) is 1.45. The van der Waals surface area contributed by atoms with Gasteiger partial charge in [0.25, 0.3) is 0 Å². The van der Waals surface area contributed by atoms with E-state index >= 15 is 0 Å². The van der Waals surface area contributed by atoms with Gasteiger partial charge >= 0.3 is 0 Å². The molecule has 0 atom stereocenters. The fourth-order valence-corrected chi connectivity index (χ4v) is 2.50. The van der Waals surface area contributed by atoms with Crippen LogP contribution >= 0.6 is 0 Å². The van der Waals surface area contributed by atoms with Gasteiger partial charge in [-0.05, 0) is 11.5 Å². The van der Waals surface area contributed by atoms with Crippen molar-refractivity contribution in [2.45, 2.75) is 0 Å². The summed E-state index contributed by atoms with van der Waals surface area (Å²) in [4.78, 5) is 16.4. The van der Waals surface area contributed by atoms with E-state index in [0.717, 1.165) is 21.7 Å². The number of nitrogens with zero attached hydrogens (tertiary/aromatic N) is 2. The summed E-state index contributed by atoms with van der Waals surface area (Å²) in [6.45, 7) is 0. The van der Waals surface area contributed by atoms with Crippen molar-refractivity contribution >= 4 is 27.3 Å². The van der Waals surface area contributed by atoms with Gasteiger partial charge in [0.05, 0.1) is 5.52 Å². The maximum absolute atomic E-state index is 12.3. The molecule has 0 radical (unpaired) electrons. The third-order valence-corrected chi connectivity index (χ3v) is 3.23. The quantitative estimate of drug-likeness (QED) is 0.456. The number of fused-ring (bicyclic) bond motifs is 2. The Morgan fingerprint density at radius 1 is 1.06 bits per heavy atom. The number of hydrogen-bond donors (Lipinski definition) is 0. The number of imidazole rings is 1. The summed E-state index contributed by atoms with van der Waals surface area (Å²) in [5.41, 5.74) is 1.53. The predicted molar refractivity (Wildman–Crippen MR) is 67.7 cm³/mol. The van der Waals surface area contributed by atoms with Crippen molar-refractivity contribution in [1.82, 2.24) is 9.38 Å². The Bertz CT molecular complexity index is 903. The van der Waals surface area contributed by atoms with E-state index in [-0.39, 0.29) is 5.43 Å². The van der Waals surface area contributed by atoms with Crippen molar-refractivity contribution in [2.24, 2.45) is 0 Å². The third kappa shape index (κ3) is 0.959. The van der Waals surface area contributed by atoms with Crippen LogP contribution in [0.4, 0.5) is 0 Å². The molecule has 0 unspecified atom stereocenters. The lowest BCUT2D eigenvalue weighted by atomic mass is 10.0. The molecule has 0 bridgehead atoms. The lowest BCUT2D eigenvalue weighted by Crippen LogP contribution is -2.07. The molecule has 0 N–H and O–H groups in total. The van der Waals surface area contributed by atoms with Crippen molar-refractivity contribution < 1.29 is 0 Å². The van der Waals surface area contributed by atoms with Gasteiger partial charge in [-0.15, -0.1) is 0 Å². The molecule has 0 aliphatic heterocycles. The van der Waals surface area contributed by atoms with Gasteiger partial charge in [-0.1, -0.05) is 30.3 Å². The van der Waals surface area contributed by atoms with Gasteiger partial charge in [0, 0.05) is 23.2 Å². The Labute approximate surface area is 96.3 Å². The van der Waals surface area contributed by atoms with E-state index in [1.807, 2.05) is 47.0 Å². The monoisotopic (exact) mass is 220 g/mol. The van der Waals surface area contributed by atoms with Crippen molar-refractivity contribution in [2.75, 3.05) is 0 Å². The van der Waals surface area contributed by atoms with Crippen LogP contribution in [0.5, 0.6) is 0 Å². The molecule has 2 heterocycles. The molecule has 4 aromatic rings. The third-order valence-electron chi connectivity index (χ3n) is 3.23. The van der Waals surface area contributed by atoms with Gasteiger partial charge in [-0.25, -0.2) is 4.98 Å². The molecule has 4 rings (SSSR count). The normalized spacial score (nSPS) is 11.8. The molecule has 2 aromatic carbocycles. The lowest BCUT2D eigenvalue weighted by Gasteiger charge is -2.06. The number of pyridine rings is 1. The molecule has 0 aliphatic rings. The zero-order valence-corrected chi connectivity index (χ0v) is 8.92. The lowest BCUT2D eigenvalue weighted by molar-refractivity contribution is 1.25. The van der Waals surface area contributed by atoms with Gasteiger partial charge in [-0.3, -0.25) is 9.20 Å². The summed E-state index contributed by atoms with van der Waals surface area (Å²) in [5, 5.41) is 2.86. The first kappa shape index (κ1) is 8.70. The number of rotatable bonds is 0. The van der Waals surface area contributed by atoms with E-state index in [0.29, 0.717) is 5.65 Å². The molecular formula is C14H8N2O. The Morgan fingerprint density at radius 3 is 2.76 bits per heavy atom. The zero-order valence-electron chi connectivity index (χ0n) is 8.92. The first-order valence-electron chi connectivity index (χ1n) is 5.46. The van der Waals surface area contributed by atoms with Crippen LogP contribution in [0.15, 0.2) is 53.6 Å². The van der Waals surface area contributed by atoms with Crippen LogP contribution in [0.25, 0.3) is 27.3 Å². The Hall–Kier alpha value is -2.42. The van der Waals surface area contributed by atoms with Gasteiger partial charge in [0.15, 0.2) is 5.65 Å². The molecule has 0 saturated carbocycles. The second kappa shape index (κ2) is 2.83. The highest BCUT2D eigenvalue weighted by molar-refractivity contribution is 6.09. The molecule has 0 amide bonds. The molecule has 0 spiro atoms. The summed E-state index contributed by atoms with van der Waals surface area (Å²) < 4.78 is 1.86. The zero-order chi connectivity index (χ0) is 11.4. The maximum atomic E-state index is 12.3. The molecule has 0 fully saturated rings. The summed E-state index contributed by atoms with van der Waals surface area (Å²) in [7, 11) is 0. The number of hydrogen-bond acceptors (Lipinski definition) is 2. The Balaban J connectivity index is 2.56. The molecule has 17 heavy (non-hydrogen) atoms. The number of benzene rings is 2. The molecule has 3 nitrogen and oxygen atoms in total. The molecule has 0 saturated heterocycles. The highest BCUT2D eigenvalue weighted by Gasteiger charge is 2.10. The van der Waals surface area contributed by atoms with Crippen molar-refractivity contribution in [3.63, 3.8) is 0 Å². The average Bonchev–Trinajstić information content (AvgIpc) is 2.85. The second-order valence-electron chi connectivity index (χ2n) is 4.13. The summed E-state index contributed by atoms with van der Waals surface area (Å²) in [5.74, 6) is 0. The first-order chi connectivity index (χ1) is 8.36. The van der Waals surface area contributed by atoms with Gasteiger partial charge in [0.1, 0.15) is 0 Å². The van der Waals surface area contributed by atoms with E-state index in [2.05, 4.69) is 4.98 Å². The summed E-state index contributed by atoms with van der Waals surface area (Å²) >= 11 is 0. The van der Waals surface area contributed by atoms with E-state index in [9.17, 15) is 4.79 Å². The fourth-order valence-electron chi connectivity index (χ4n) is 2.50. The van der Waals surface area contributed by atoms with Crippen molar-refractivity contribution in [1.29, 1.82) is 0 Å². The number of aromatic nitrogens is 2. The molecule has 80 valence electrons. The van der Waals surface area contributed by atoms with Crippen LogP contribution in [0.3, 0.4) is 0 Å². The van der Waals surface area contributed by atoms with Crippen LogP contribution in [0.1, 0.15) is 0 Å². The summed E-state index contributed by atoms with van der Waals surface area (Å²) in [6.07, 6.45) is 3.50. The minimum Gasteiger partial charge on any atom is -0.296 e.